The predicted octanol–water partition coefficient (Wildman–Crippen LogP) is 5.07. The van der Waals surface area contributed by atoms with Crippen molar-refractivity contribution in [3.63, 3.8) is 0 Å². The second-order valence-electron chi connectivity index (χ2n) is 8.48. The third kappa shape index (κ3) is 5.80. The number of amides is 1. The van der Waals surface area contributed by atoms with Crippen LogP contribution in [0.4, 0.5) is 26.3 Å². The number of hydrogen-bond acceptors (Lipinski definition) is 3. The minimum Gasteiger partial charge on any atom is -0.351 e. The number of hydrogen-bond donors (Lipinski definition) is 1. The normalized spacial score (nSPS) is 18.6. The van der Waals surface area contributed by atoms with E-state index in [1.54, 1.807) is 0 Å². The largest absolute Gasteiger partial charge is 0.416 e. The fourth-order valence-corrected chi connectivity index (χ4v) is 5.67. The molecule has 1 fully saturated rings. The van der Waals surface area contributed by atoms with Gasteiger partial charge in [0, 0.05) is 25.1 Å². The van der Waals surface area contributed by atoms with Crippen molar-refractivity contribution in [2.24, 2.45) is 0 Å². The summed E-state index contributed by atoms with van der Waals surface area (Å²) in [7, 11) is -4.32. The van der Waals surface area contributed by atoms with Crippen molar-refractivity contribution in [3.05, 3.63) is 89.5 Å². The van der Waals surface area contributed by atoms with Gasteiger partial charge >= 0.3 is 6.18 Å². The van der Waals surface area contributed by atoms with Crippen molar-refractivity contribution in [3.8, 4) is 11.1 Å². The molecule has 0 saturated carbocycles. The van der Waals surface area contributed by atoms with Crippen LogP contribution in [0.15, 0.2) is 71.6 Å². The van der Waals surface area contributed by atoms with Crippen LogP contribution in [-0.2, 0) is 27.5 Å². The van der Waals surface area contributed by atoms with E-state index >= 15 is 0 Å². The lowest BCUT2D eigenvalue weighted by Gasteiger charge is -2.23. The molecule has 1 heterocycles. The number of nitrogens with one attached hydrogen (secondary N) is 1. The third-order valence-electron chi connectivity index (χ3n) is 5.97. The van der Waals surface area contributed by atoms with Crippen molar-refractivity contribution >= 4 is 15.9 Å². The van der Waals surface area contributed by atoms with Crippen molar-refractivity contribution in [1.29, 1.82) is 0 Å². The molecule has 2 atom stereocenters. The number of rotatable bonds is 6. The van der Waals surface area contributed by atoms with Crippen LogP contribution in [0, 0.1) is 11.6 Å². The molecule has 3 aromatic carbocycles. The summed E-state index contributed by atoms with van der Waals surface area (Å²) >= 11 is 0. The van der Waals surface area contributed by atoms with E-state index in [-0.39, 0.29) is 17.0 Å². The molecule has 12 heteroatoms. The van der Waals surface area contributed by atoms with E-state index in [0.717, 1.165) is 42.5 Å². The Kier molecular flexibility index (Phi) is 7.33. The Bertz CT molecular complexity index is 1390. The van der Waals surface area contributed by atoms with Gasteiger partial charge in [0.2, 0.25) is 15.9 Å². The van der Waals surface area contributed by atoms with Gasteiger partial charge in [-0.2, -0.15) is 17.5 Å². The Hall–Kier alpha value is -3.38. The minimum absolute atomic E-state index is 0.00603. The summed E-state index contributed by atoms with van der Waals surface area (Å²) in [5.74, 6) is -2.23. The molecule has 0 aliphatic carbocycles. The van der Waals surface area contributed by atoms with E-state index < -0.39 is 64.5 Å². The summed E-state index contributed by atoms with van der Waals surface area (Å²) in [6.07, 6.45) is -6.54. The van der Waals surface area contributed by atoms with Crippen LogP contribution < -0.4 is 5.32 Å². The fourth-order valence-electron chi connectivity index (χ4n) is 4.04. The van der Waals surface area contributed by atoms with Gasteiger partial charge in [-0.15, -0.1) is 0 Å². The van der Waals surface area contributed by atoms with Gasteiger partial charge in [0.1, 0.15) is 23.8 Å². The first-order chi connectivity index (χ1) is 17.4. The second-order valence-corrected chi connectivity index (χ2v) is 10.4. The Morgan fingerprint density at radius 2 is 1.57 bits per heavy atom. The number of carbonyl (C=O) groups excluding carboxylic acids is 1. The molecule has 0 spiro atoms. The van der Waals surface area contributed by atoms with E-state index in [0.29, 0.717) is 15.4 Å². The van der Waals surface area contributed by atoms with Gasteiger partial charge in [0.15, 0.2) is 0 Å². The average Bonchev–Trinajstić information content (AvgIpc) is 3.26. The second kappa shape index (κ2) is 10.2. The van der Waals surface area contributed by atoms with Crippen molar-refractivity contribution in [1.82, 2.24) is 9.62 Å². The zero-order valence-electron chi connectivity index (χ0n) is 19.0. The van der Waals surface area contributed by atoms with Gasteiger partial charge < -0.3 is 5.32 Å². The van der Waals surface area contributed by atoms with Crippen LogP contribution in [0.2, 0.25) is 0 Å². The van der Waals surface area contributed by atoms with Gasteiger partial charge in [-0.1, -0.05) is 18.2 Å². The maximum atomic E-state index is 14.4. The highest BCUT2D eigenvalue weighted by atomic mass is 32.2. The summed E-state index contributed by atoms with van der Waals surface area (Å²) in [5, 5.41) is 2.41. The number of alkyl halides is 4. The number of halogens is 6. The average molecular weight is 543 g/mol. The number of benzene rings is 3. The van der Waals surface area contributed by atoms with E-state index in [4.69, 9.17) is 0 Å². The molecule has 1 aliphatic heterocycles. The van der Waals surface area contributed by atoms with Crippen LogP contribution in [0.1, 0.15) is 17.5 Å². The maximum absolute atomic E-state index is 14.4. The quantitative estimate of drug-likeness (QED) is 0.443. The molecule has 5 nitrogen and oxygen atoms in total. The van der Waals surface area contributed by atoms with Crippen LogP contribution in [0.25, 0.3) is 11.1 Å². The van der Waals surface area contributed by atoms with Gasteiger partial charge in [0.25, 0.3) is 0 Å². The molecule has 0 bridgehead atoms. The Morgan fingerprint density at radius 1 is 0.946 bits per heavy atom. The maximum Gasteiger partial charge on any atom is 0.416 e. The standard InChI is InChI=1S/C25H20F6N2O3S/c26-19-6-8-21(9-7-19)37(35,36)33-14-20(27)12-23(33)24(34)32-13-17-11-16(3-10-22(17)28)15-1-4-18(5-2-15)25(29,30)31/h1-11,20,23H,12-14H2,(H,32,34). The fraction of sp³-hybridized carbons (Fsp3) is 0.240. The summed E-state index contributed by atoms with van der Waals surface area (Å²) in [5.41, 5.74) is -0.0695. The molecule has 4 rings (SSSR count). The van der Waals surface area contributed by atoms with Crippen LogP contribution in [-0.4, -0.2) is 37.4 Å². The summed E-state index contributed by atoms with van der Waals surface area (Å²) in [6.45, 7) is -0.952. The first-order valence-corrected chi connectivity index (χ1v) is 12.5. The lowest BCUT2D eigenvalue weighted by atomic mass is 10.0. The van der Waals surface area contributed by atoms with E-state index in [9.17, 15) is 39.6 Å². The Labute approximate surface area is 208 Å². The highest BCUT2D eigenvalue weighted by molar-refractivity contribution is 7.89. The minimum atomic E-state index is -4.51. The smallest absolute Gasteiger partial charge is 0.351 e. The summed E-state index contributed by atoms with van der Waals surface area (Å²) in [4.78, 5) is 12.5. The number of sulfonamides is 1. The van der Waals surface area contributed by atoms with Crippen molar-refractivity contribution in [2.45, 2.75) is 36.3 Å². The SMILES string of the molecule is O=C(NCc1cc(-c2ccc(C(F)(F)F)cc2)ccc1F)C1CC(F)CN1S(=O)(=O)c1ccc(F)cc1. The van der Waals surface area contributed by atoms with E-state index in [1.165, 1.54) is 24.3 Å². The number of nitrogens with zero attached hydrogens (tertiary/aromatic N) is 1. The van der Waals surface area contributed by atoms with Gasteiger partial charge in [-0.25, -0.2) is 21.6 Å². The monoisotopic (exact) mass is 542 g/mol. The molecule has 0 radical (unpaired) electrons. The molecule has 37 heavy (non-hydrogen) atoms. The summed E-state index contributed by atoms with van der Waals surface area (Å²) in [6, 6.07) is 10.5. The summed E-state index contributed by atoms with van der Waals surface area (Å²) < 4.78 is 107. The predicted molar refractivity (Wildman–Crippen MR) is 122 cm³/mol. The zero-order valence-corrected chi connectivity index (χ0v) is 19.8. The van der Waals surface area contributed by atoms with Gasteiger partial charge in [-0.3, -0.25) is 4.79 Å². The van der Waals surface area contributed by atoms with Gasteiger partial charge in [0.05, 0.1) is 10.5 Å². The molecule has 2 unspecified atom stereocenters. The third-order valence-corrected chi connectivity index (χ3v) is 7.86. The molecule has 0 aromatic heterocycles. The molecular weight excluding hydrogens is 522 g/mol. The van der Waals surface area contributed by atoms with Crippen molar-refractivity contribution in [2.75, 3.05) is 6.54 Å². The highest BCUT2D eigenvalue weighted by Crippen LogP contribution is 2.32. The molecule has 3 aromatic rings. The van der Waals surface area contributed by atoms with E-state index in [2.05, 4.69) is 5.32 Å². The first kappa shape index (κ1) is 26.7. The van der Waals surface area contributed by atoms with Gasteiger partial charge in [-0.05, 0) is 59.7 Å². The zero-order chi connectivity index (χ0) is 27.0. The Morgan fingerprint density at radius 3 is 2.19 bits per heavy atom. The van der Waals surface area contributed by atoms with E-state index in [1.807, 2.05) is 0 Å². The number of carbonyl (C=O) groups is 1. The molecule has 196 valence electrons. The molecule has 1 N–H and O–H groups in total. The molecule has 1 amide bonds. The van der Waals surface area contributed by atoms with Crippen LogP contribution in [0.5, 0.6) is 0 Å². The van der Waals surface area contributed by atoms with Crippen LogP contribution in [0.3, 0.4) is 0 Å². The molecule has 1 aliphatic rings. The van der Waals surface area contributed by atoms with Crippen LogP contribution >= 0.6 is 0 Å². The van der Waals surface area contributed by atoms with Crippen molar-refractivity contribution < 1.29 is 39.6 Å². The highest BCUT2D eigenvalue weighted by Gasteiger charge is 2.44. The lowest BCUT2D eigenvalue weighted by Crippen LogP contribution is -2.45. The lowest BCUT2D eigenvalue weighted by molar-refractivity contribution is -0.137. The molecule has 1 saturated heterocycles. The first-order valence-electron chi connectivity index (χ1n) is 11.0. The topological polar surface area (TPSA) is 66.5 Å². The molecular formula is C25H20F6N2O3S. The Balaban J connectivity index is 1.50.